The summed E-state index contributed by atoms with van der Waals surface area (Å²) in [6, 6.07) is 15.0. The van der Waals surface area contributed by atoms with Crippen LogP contribution in [0, 0.1) is 49.4 Å². The molecule has 0 N–H and O–H groups in total. The van der Waals surface area contributed by atoms with Crippen molar-refractivity contribution in [1.82, 2.24) is 4.90 Å². The first-order valence-electron chi connectivity index (χ1n) is 11.4. The second-order valence-electron chi connectivity index (χ2n) is 9.85. The summed E-state index contributed by atoms with van der Waals surface area (Å²) in [4.78, 5) is 43.5. The van der Waals surface area contributed by atoms with Gasteiger partial charge in [-0.3, -0.25) is 24.2 Å². The van der Waals surface area contributed by atoms with Crippen LogP contribution >= 0.6 is 0 Å². The SMILES string of the molecule is Cc1cc(C)cc(N(CN2C(=O)[C@@H]3[C@H]4C=C[C@@H]([C@@H]5C[C@H]45)[C@@H]3C2=O)C(=O)c2ccccc2)c1. The van der Waals surface area contributed by atoms with E-state index in [1.54, 1.807) is 17.0 Å². The Labute approximate surface area is 187 Å². The molecule has 2 aromatic carbocycles. The molecule has 1 saturated heterocycles. The van der Waals surface area contributed by atoms with Crippen molar-refractivity contribution < 1.29 is 14.4 Å². The van der Waals surface area contributed by atoms with Gasteiger partial charge in [0.2, 0.25) is 11.8 Å². The summed E-state index contributed by atoms with van der Waals surface area (Å²) in [5.41, 5.74) is 3.30. The largest absolute Gasteiger partial charge is 0.290 e. The fourth-order valence-electron chi connectivity index (χ4n) is 6.41. The Morgan fingerprint density at radius 1 is 0.906 bits per heavy atom. The standard InChI is InChI=1S/C27H26N2O3/c1-15-10-16(2)12-18(11-15)28(25(30)17-6-4-3-5-7-17)14-29-26(31)23-19-8-9-20(22-13-21(19)22)24(23)27(29)32/h3-12,19-24H,13-14H2,1-2H3/t19-,20-,21-,22+,23-,24+/m0/s1. The molecule has 4 aliphatic carbocycles. The van der Waals surface area contributed by atoms with Crippen LogP contribution in [0.3, 0.4) is 0 Å². The van der Waals surface area contributed by atoms with Crippen LogP contribution in [0.25, 0.3) is 0 Å². The van der Waals surface area contributed by atoms with Crippen molar-refractivity contribution in [2.45, 2.75) is 20.3 Å². The molecule has 6 atom stereocenters. The Morgan fingerprint density at radius 3 is 2.03 bits per heavy atom. The van der Waals surface area contributed by atoms with Crippen molar-refractivity contribution in [2.75, 3.05) is 11.6 Å². The molecule has 1 heterocycles. The van der Waals surface area contributed by atoms with Crippen molar-refractivity contribution in [3.05, 3.63) is 77.4 Å². The number of aryl methyl sites for hydroxylation is 2. The number of hydrogen-bond donors (Lipinski definition) is 0. The number of amides is 3. The maximum atomic E-state index is 13.5. The van der Waals surface area contributed by atoms with E-state index in [2.05, 4.69) is 12.2 Å². The second-order valence-corrected chi connectivity index (χ2v) is 9.85. The van der Waals surface area contributed by atoms with E-state index in [0.717, 1.165) is 17.5 Å². The molecule has 5 heteroatoms. The van der Waals surface area contributed by atoms with Crippen molar-refractivity contribution in [2.24, 2.45) is 35.5 Å². The lowest BCUT2D eigenvalue weighted by Crippen LogP contribution is -2.45. The molecule has 0 spiro atoms. The van der Waals surface area contributed by atoms with Gasteiger partial charge in [0.15, 0.2) is 0 Å². The highest BCUT2D eigenvalue weighted by Gasteiger charge is 2.67. The first-order chi connectivity index (χ1) is 15.4. The molecule has 2 saturated carbocycles. The molecule has 3 fully saturated rings. The minimum atomic E-state index is -0.255. The minimum Gasteiger partial charge on any atom is -0.290 e. The molecule has 32 heavy (non-hydrogen) atoms. The van der Waals surface area contributed by atoms with Gasteiger partial charge in [0.05, 0.1) is 11.8 Å². The van der Waals surface area contributed by atoms with Crippen LogP contribution in [0.2, 0.25) is 0 Å². The number of imide groups is 1. The third kappa shape index (κ3) is 2.80. The van der Waals surface area contributed by atoms with Gasteiger partial charge in [0, 0.05) is 11.3 Å². The van der Waals surface area contributed by atoms with Crippen molar-refractivity contribution in [1.29, 1.82) is 0 Å². The Bertz CT molecular complexity index is 1110. The molecular weight excluding hydrogens is 400 g/mol. The van der Waals surface area contributed by atoms with Crippen LogP contribution in [0.1, 0.15) is 27.9 Å². The lowest BCUT2D eigenvalue weighted by molar-refractivity contribution is -0.140. The molecule has 7 rings (SSSR count). The molecule has 3 amide bonds. The molecule has 5 nitrogen and oxygen atoms in total. The summed E-state index contributed by atoms with van der Waals surface area (Å²) in [6.45, 7) is 3.92. The fourth-order valence-corrected chi connectivity index (χ4v) is 6.41. The van der Waals surface area contributed by atoms with Crippen molar-refractivity contribution >= 4 is 23.4 Å². The highest BCUT2D eigenvalue weighted by Crippen LogP contribution is 2.65. The van der Waals surface area contributed by atoms with Gasteiger partial charge in [0.1, 0.15) is 6.67 Å². The van der Waals surface area contributed by atoms with E-state index in [1.807, 2.05) is 50.2 Å². The number of hydrogen-bond acceptors (Lipinski definition) is 3. The van der Waals surface area contributed by atoms with Crippen molar-refractivity contribution in [3.8, 4) is 0 Å². The van der Waals surface area contributed by atoms with E-state index in [9.17, 15) is 14.4 Å². The van der Waals surface area contributed by atoms with Gasteiger partial charge in [-0.15, -0.1) is 0 Å². The number of benzene rings is 2. The Morgan fingerprint density at radius 2 is 1.47 bits per heavy atom. The maximum absolute atomic E-state index is 13.5. The lowest BCUT2D eigenvalue weighted by Gasteiger charge is -2.37. The van der Waals surface area contributed by atoms with E-state index in [-0.39, 0.29) is 48.1 Å². The molecule has 2 aromatic rings. The smallest absolute Gasteiger partial charge is 0.259 e. The van der Waals surface area contributed by atoms with E-state index >= 15 is 0 Å². The van der Waals surface area contributed by atoms with E-state index in [0.29, 0.717) is 23.1 Å². The summed E-state index contributed by atoms with van der Waals surface area (Å²) in [6.07, 6.45) is 5.48. The molecule has 2 bridgehead atoms. The van der Waals surface area contributed by atoms with Crippen LogP contribution in [0.5, 0.6) is 0 Å². The Hall–Kier alpha value is -3.21. The summed E-state index contributed by atoms with van der Waals surface area (Å²) in [5, 5.41) is 0. The average molecular weight is 427 g/mol. The number of nitrogens with zero attached hydrogens (tertiary/aromatic N) is 2. The summed E-state index contributed by atoms with van der Waals surface area (Å²) >= 11 is 0. The summed E-state index contributed by atoms with van der Waals surface area (Å²) < 4.78 is 0. The lowest BCUT2D eigenvalue weighted by atomic mass is 9.63. The Kier molecular flexibility index (Phi) is 4.19. The van der Waals surface area contributed by atoms with Crippen LogP contribution in [-0.2, 0) is 9.59 Å². The highest BCUT2D eigenvalue weighted by molar-refractivity contribution is 6.10. The number of rotatable bonds is 4. The zero-order valence-electron chi connectivity index (χ0n) is 18.3. The van der Waals surface area contributed by atoms with Gasteiger partial charge >= 0.3 is 0 Å². The fraction of sp³-hybridized carbons (Fsp3) is 0.370. The zero-order chi connectivity index (χ0) is 22.1. The topological polar surface area (TPSA) is 57.7 Å². The van der Waals surface area contributed by atoms with Gasteiger partial charge in [-0.05, 0) is 79.3 Å². The van der Waals surface area contributed by atoms with E-state index in [1.165, 1.54) is 4.90 Å². The normalized spacial score (nSPS) is 31.5. The summed E-state index contributed by atoms with van der Waals surface area (Å²) in [7, 11) is 0. The molecule has 1 aliphatic heterocycles. The van der Waals surface area contributed by atoms with Gasteiger partial charge < -0.3 is 0 Å². The third-order valence-electron chi connectivity index (χ3n) is 7.82. The van der Waals surface area contributed by atoms with Crippen LogP contribution in [0.4, 0.5) is 5.69 Å². The minimum absolute atomic E-state index is 0.0456. The molecular formula is C27H26N2O3. The zero-order valence-corrected chi connectivity index (χ0v) is 18.3. The highest BCUT2D eigenvalue weighted by atomic mass is 16.2. The first-order valence-corrected chi connectivity index (χ1v) is 11.4. The molecule has 5 aliphatic rings. The number of allylic oxidation sites excluding steroid dienone is 2. The monoisotopic (exact) mass is 426 g/mol. The van der Waals surface area contributed by atoms with Crippen LogP contribution < -0.4 is 4.90 Å². The molecule has 162 valence electrons. The number of likely N-dealkylation sites (tertiary alicyclic amines) is 1. The van der Waals surface area contributed by atoms with Crippen LogP contribution in [-0.4, -0.2) is 29.3 Å². The van der Waals surface area contributed by atoms with Gasteiger partial charge in [-0.25, -0.2) is 0 Å². The van der Waals surface area contributed by atoms with E-state index in [4.69, 9.17) is 0 Å². The van der Waals surface area contributed by atoms with Crippen LogP contribution in [0.15, 0.2) is 60.7 Å². The average Bonchev–Trinajstić information content (AvgIpc) is 3.57. The van der Waals surface area contributed by atoms with Gasteiger partial charge in [-0.2, -0.15) is 0 Å². The quantitative estimate of drug-likeness (QED) is 0.549. The van der Waals surface area contributed by atoms with Crippen molar-refractivity contribution in [3.63, 3.8) is 0 Å². The van der Waals surface area contributed by atoms with Gasteiger partial charge in [-0.1, -0.05) is 36.4 Å². The first kappa shape index (κ1) is 19.5. The predicted molar refractivity (Wildman–Crippen MR) is 121 cm³/mol. The molecule has 0 aromatic heterocycles. The number of carbonyl (C=O) groups is 3. The van der Waals surface area contributed by atoms with Gasteiger partial charge in [0.25, 0.3) is 5.91 Å². The number of anilines is 1. The predicted octanol–water partition coefficient (Wildman–Crippen LogP) is 3.96. The second kappa shape index (κ2) is 6.89. The molecule has 0 unspecified atom stereocenters. The summed E-state index contributed by atoms with van der Waals surface area (Å²) in [5.74, 6) is 0.527. The third-order valence-corrected chi connectivity index (χ3v) is 7.82. The Balaban J connectivity index is 1.36. The molecule has 0 radical (unpaired) electrons. The maximum Gasteiger partial charge on any atom is 0.259 e. The van der Waals surface area contributed by atoms with E-state index < -0.39 is 0 Å². The number of carbonyl (C=O) groups excluding carboxylic acids is 3.